The molecule has 4 nitrogen and oxygen atoms in total. The van der Waals surface area contributed by atoms with Crippen molar-refractivity contribution >= 4 is 39.5 Å². The molecule has 162 valence electrons. The molecule has 0 saturated heterocycles. The van der Waals surface area contributed by atoms with Gasteiger partial charge in [-0.15, -0.1) is 11.8 Å². The second-order valence-electron chi connectivity index (χ2n) is 7.45. The van der Waals surface area contributed by atoms with Crippen molar-refractivity contribution in [2.45, 2.75) is 52.0 Å². The van der Waals surface area contributed by atoms with E-state index in [0.29, 0.717) is 18.8 Å². The lowest BCUT2D eigenvalue weighted by molar-refractivity contribution is -0.138. The summed E-state index contributed by atoms with van der Waals surface area (Å²) in [7, 11) is 0. The van der Waals surface area contributed by atoms with Crippen molar-refractivity contribution in [2.24, 2.45) is 0 Å². The number of carbonyl (C=O) groups is 2. The molecule has 30 heavy (non-hydrogen) atoms. The number of benzene rings is 2. The Morgan fingerprint density at radius 1 is 1.13 bits per heavy atom. The van der Waals surface area contributed by atoms with Crippen molar-refractivity contribution in [3.63, 3.8) is 0 Å². The Labute approximate surface area is 192 Å². The van der Waals surface area contributed by atoms with Crippen LogP contribution in [-0.4, -0.2) is 35.1 Å². The molecule has 2 aromatic rings. The number of amides is 2. The molecule has 2 rings (SSSR count). The second-order valence-corrected chi connectivity index (χ2v) is 9.35. The highest BCUT2D eigenvalue weighted by molar-refractivity contribution is 9.10. The van der Waals surface area contributed by atoms with Gasteiger partial charge in [0.05, 0.1) is 5.75 Å². The number of hydrogen-bond donors (Lipinski definition) is 1. The van der Waals surface area contributed by atoms with Crippen LogP contribution in [0.5, 0.6) is 0 Å². The number of rotatable bonds is 11. The maximum Gasteiger partial charge on any atom is 0.242 e. The number of nitrogens with one attached hydrogen (secondary N) is 1. The lowest BCUT2D eigenvalue weighted by Crippen LogP contribution is -2.48. The standard InChI is InChI=1S/C24H31BrN2O2S/c1-4-5-13-26-24(29)19(3)27(15-20-9-11-22(25)12-10-20)23(28)17-30-16-21-8-6-7-18(2)14-21/h6-12,14,19H,4-5,13,15-17H2,1-3H3,(H,26,29). The summed E-state index contributed by atoms with van der Waals surface area (Å²) >= 11 is 5.03. The van der Waals surface area contributed by atoms with Gasteiger partial charge in [-0.05, 0) is 43.5 Å². The molecule has 0 radical (unpaired) electrons. The summed E-state index contributed by atoms with van der Waals surface area (Å²) in [5.74, 6) is 1.000. The van der Waals surface area contributed by atoms with Crippen LogP contribution in [-0.2, 0) is 21.9 Å². The molecule has 0 spiro atoms. The van der Waals surface area contributed by atoms with E-state index in [1.807, 2.05) is 37.3 Å². The fourth-order valence-corrected chi connectivity index (χ4v) is 4.17. The molecule has 0 aliphatic carbocycles. The Kier molecular flexibility index (Phi) is 10.4. The summed E-state index contributed by atoms with van der Waals surface area (Å²) in [6.45, 7) is 7.02. The molecule has 6 heteroatoms. The number of thioether (sulfide) groups is 1. The third-order valence-corrected chi connectivity index (χ3v) is 6.36. The minimum absolute atomic E-state index is 0.0197. The number of aryl methyl sites for hydroxylation is 1. The van der Waals surface area contributed by atoms with Crippen LogP contribution in [0.4, 0.5) is 0 Å². The Morgan fingerprint density at radius 3 is 2.53 bits per heavy atom. The largest absolute Gasteiger partial charge is 0.354 e. The highest BCUT2D eigenvalue weighted by Gasteiger charge is 2.25. The SMILES string of the molecule is CCCCNC(=O)C(C)N(Cc1ccc(Br)cc1)C(=O)CSCc1cccc(C)c1. The first-order chi connectivity index (χ1) is 14.4. The Balaban J connectivity index is 2.03. The average Bonchev–Trinajstić information content (AvgIpc) is 2.73. The molecule has 1 atom stereocenters. The number of carbonyl (C=O) groups excluding carboxylic acids is 2. The molecule has 1 unspecified atom stereocenters. The molecule has 0 fully saturated rings. The number of hydrogen-bond acceptors (Lipinski definition) is 3. The summed E-state index contributed by atoms with van der Waals surface area (Å²) in [5.41, 5.74) is 3.43. The van der Waals surface area contributed by atoms with Gasteiger partial charge >= 0.3 is 0 Å². The Hall–Kier alpha value is -1.79. The van der Waals surface area contributed by atoms with Gasteiger partial charge in [-0.1, -0.05) is 71.2 Å². The monoisotopic (exact) mass is 490 g/mol. The molecule has 0 aliphatic rings. The molecule has 2 aromatic carbocycles. The van der Waals surface area contributed by atoms with E-state index in [1.165, 1.54) is 11.1 Å². The van der Waals surface area contributed by atoms with Gasteiger partial charge in [0.2, 0.25) is 11.8 Å². The minimum atomic E-state index is -0.516. The first-order valence-electron chi connectivity index (χ1n) is 10.4. The zero-order chi connectivity index (χ0) is 21.9. The molecule has 0 aliphatic heterocycles. The van der Waals surface area contributed by atoms with Crippen molar-refractivity contribution in [1.82, 2.24) is 10.2 Å². The molecule has 0 aromatic heterocycles. The quantitative estimate of drug-likeness (QED) is 0.433. The summed E-state index contributed by atoms with van der Waals surface area (Å²) in [5, 5.41) is 2.95. The third-order valence-electron chi connectivity index (χ3n) is 4.84. The first-order valence-corrected chi connectivity index (χ1v) is 12.3. The molecular formula is C24H31BrN2O2S. The summed E-state index contributed by atoms with van der Waals surface area (Å²) in [4.78, 5) is 27.4. The number of halogens is 1. The molecule has 2 amide bonds. The summed E-state index contributed by atoms with van der Waals surface area (Å²) in [6.07, 6.45) is 1.96. The van der Waals surface area contributed by atoms with Crippen LogP contribution in [0.15, 0.2) is 53.0 Å². The van der Waals surface area contributed by atoms with Crippen LogP contribution in [0.1, 0.15) is 43.4 Å². The Morgan fingerprint density at radius 2 is 1.87 bits per heavy atom. The third kappa shape index (κ3) is 8.15. The van der Waals surface area contributed by atoms with Crippen molar-refractivity contribution in [3.8, 4) is 0 Å². The van der Waals surface area contributed by atoms with E-state index in [-0.39, 0.29) is 11.8 Å². The highest BCUT2D eigenvalue weighted by atomic mass is 79.9. The van der Waals surface area contributed by atoms with Crippen molar-refractivity contribution in [2.75, 3.05) is 12.3 Å². The van der Waals surface area contributed by atoms with E-state index in [0.717, 1.165) is 28.6 Å². The normalized spacial score (nSPS) is 11.7. The van der Waals surface area contributed by atoms with Gasteiger partial charge in [-0.25, -0.2) is 0 Å². The van der Waals surface area contributed by atoms with Crippen LogP contribution >= 0.6 is 27.7 Å². The van der Waals surface area contributed by atoms with Crippen LogP contribution in [0, 0.1) is 6.92 Å². The van der Waals surface area contributed by atoms with E-state index in [4.69, 9.17) is 0 Å². The predicted octanol–water partition coefficient (Wildman–Crippen LogP) is 5.32. The minimum Gasteiger partial charge on any atom is -0.354 e. The van der Waals surface area contributed by atoms with Crippen molar-refractivity contribution < 1.29 is 9.59 Å². The van der Waals surface area contributed by atoms with Gasteiger partial charge in [0.1, 0.15) is 6.04 Å². The van der Waals surface area contributed by atoms with E-state index in [9.17, 15) is 9.59 Å². The number of nitrogens with zero attached hydrogens (tertiary/aromatic N) is 1. The van der Waals surface area contributed by atoms with Crippen LogP contribution in [0.25, 0.3) is 0 Å². The topological polar surface area (TPSA) is 49.4 Å². The maximum absolute atomic E-state index is 13.1. The average molecular weight is 491 g/mol. The van der Waals surface area contributed by atoms with Crippen molar-refractivity contribution in [3.05, 3.63) is 69.7 Å². The van der Waals surface area contributed by atoms with E-state index >= 15 is 0 Å². The predicted molar refractivity (Wildman–Crippen MR) is 129 cm³/mol. The first kappa shape index (κ1) is 24.5. The van der Waals surface area contributed by atoms with Crippen LogP contribution in [0.2, 0.25) is 0 Å². The Bertz CT molecular complexity index is 826. The molecular weight excluding hydrogens is 460 g/mol. The number of unbranched alkanes of at least 4 members (excludes halogenated alkanes) is 1. The zero-order valence-electron chi connectivity index (χ0n) is 18.0. The highest BCUT2D eigenvalue weighted by Crippen LogP contribution is 2.18. The van der Waals surface area contributed by atoms with Gasteiger partial charge in [0, 0.05) is 23.3 Å². The zero-order valence-corrected chi connectivity index (χ0v) is 20.4. The molecule has 0 bridgehead atoms. The van der Waals surface area contributed by atoms with Gasteiger partial charge < -0.3 is 10.2 Å². The van der Waals surface area contributed by atoms with Crippen LogP contribution < -0.4 is 5.32 Å². The lowest BCUT2D eigenvalue weighted by Gasteiger charge is -2.29. The molecule has 1 N–H and O–H groups in total. The van der Waals surface area contributed by atoms with Gasteiger partial charge in [-0.3, -0.25) is 9.59 Å². The van der Waals surface area contributed by atoms with Gasteiger partial charge in [-0.2, -0.15) is 0 Å². The van der Waals surface area contributed by atoms with E-state index in [2.05, 4.69) is 53.3 Å². The fourth-order valence-electron chi connectivity index (χ4n) is 3.05. The summed E-state index contributed by atoms with van der Waals surface area (Å²) < 4.78 is 0.989. The van der Waals surface area contributed by atoms with E-state index in [1.54, 1.807) is 16.7 Å². The van der Waals surface area contributed by atoms with Crippen molar-refractivity contribution in [1.29, 1.82) is 0 Å². The van der Waals surface area contributed by atoms with Gasteiger partial charge in [0.25, 0.3) is 0 Å². The van der Waals surface area contributed by atoms with E-state index < -0.39 is 6.04 Å². The maximum atomic E-state index is 13.1. The van der Waals surface area contributed by atoms with Crippen LogP contribution in [0.3, 0.4) is 0 Å². The van der Waals surface area contributed by atoms with Gasteiger partial charge in [0.15, 0.2) is 0 Å². The second kappa shape index (κ2) is 12.8. The lowest BCUT2D eigenvalue weighted by atomic mass is 10.1. The molecule has 0 saturated carbocycles. The smallest absolute Gasteiger partial charge is 0.242 e. The fraction of sp³-hybridized carbons (Fsp3) is 0.417. The molecule has 0 heterocycles. The summed E-state index contributed by atoms with van der Waals surface area (Å²) in [6, 6.07) is 15.7.